The Morgan fingerprint density at radius 3 is 2.28 bits per heavy atom. The second-order valence-electron chi connectivity index (χ2n) is 4.37. The Hall–Kier alpha value is -2.20. The molecule has 18 heavy (non-hydrogen) atoms. The van der Waals surface area contributed by atoms with E-state index in [1.165, 1.54) is 5.56 Å². The second-order valence-corrected chi connectivity index (χ2v) is 4.37. The van der Waals surface area contributed by atoms with E-state index < -0.39 is 0 Å². The van der Waals surface area contributed by atoms with E-state index in [0.717, 1.165) is 11.3 Å². The van der Waals surface area contributed by atoms with Gasteiger partial charge >= 0.3 is 0 Å². The van der Waals surface area contributed by atoms with Gasteiger partial charge in [-0.05, 0) is 38.1 Å². The smallest absolute Gasteiger partial charge is 0.0852 e. The fourth-order valence-electron chi connectivity index (χ4n) is 1.65. The molecule has 90 valence electrons. The molecule has 1 atom stereocenters. The van der Waals surface area contributed by atoms with Gasteiger partial charge in [0.05, 0.1) is 6.04 Å². The summed E-state index contributed by atoms with van der Waals surface area (Å²) >= 11 is 0. The molecule has 0 saturated carbocycles. The van der Waals surface area contributed by atoms with Crippen molar-refractivity contribution in [3.63, 3.8) is 0 Å². The number of aryl methyl sites for hydroxylation is 1. The molecule has 0 spiro atoms. The van der Waals surface area contributed by atoms with Crippen LogP contribution in [0.25, 0.3) is 0 Å². The van der Waals surface area contributed by atoms with E-state index in [-0.39, 0.29) is 6.04 Å². The topological polar surface area (TPSA) is 12.0 Å². The van der Waals surface area contributed by atoms with E-state index >= 15 is 0 Å². The Labute approximate surface area is 109 Å². The number of hydrogen-bond donors (Lipinski definition) is 1. The molecule has 0 unspecified atom stereocenters. The zero-order chi connectivity index (χ0) is 12.8. The average molecular weight is 235 g/mol. The molecule has 0 saturated heterocycles. The van der Waals surface area contributed by atoms with Crippen LogP contribution in [0.5, 0.6) is 0 Å². The van der Waals surface area contributed by atoms with E-state index in [2.05, 4.69) is 55.3 Å². The molecule has 0 aliphatic heterocycles. The van der Waals surface area contributed by atoms with Crippen molar-refractivity contribution in [2.75, 3.05) is 5.32 Å². The van der Waals surface area contributed by atoms with Crippen molar-refractivity contribution in [1.82, 2.24) is 0 Å². The van der Waals surface area contributed by atoms with Gasteiger partial charge in [-0.3, -0.25) is 0 Å². The summed E-state index contributed by atoms with van der Waals surface area (Å²) in [4.78, 5) is 0. The minimum Gasteiger partial charge on any atom is -0.372 e. The highest BCUT2D eigenvalue weighted by atomic mass is 14.9. The van der Waals surface area contributed by atoms with Crippen LogP contribution >= 0.6 is 0 Å². The van der Waals surface area contributed by atoms with Crippen LogP contribution in [-0.2, 0) is 0 Å². The zero-order valence-corrected chi connectivity index (χ0v) is 10.8. The molecule has 2 aromatic carbocycles. The third-order valence-corrected chi connectivity index (χ3v) is 2.64. The molecule has 0 heterocycles. The van der Waals surface area contributed by atoms with Crippen molar-refractivity contribution in [3.05, 3.63) is 65.7 Å². The number of rotatable bonds is 2. The van der Waals surface area contributed by atoms with Gasteiger partial charge in [0.2, 0.25) is 0 Å². The minimum atomic E-state index is 0.133. The fraction of sp³-hybridized carbons (Fsp3) is 0.176. The number of benzene rings is 2. The van der Waals surface area contributed by atoms with Gasteiger partial charge < -0.3 is 5.32 Å². The molecule has 1 heteroatoms. The van der Waals surface area contributed by atoms with Gasteiger partial charge in [0, 0.05) is 11.3 Å². The predicted molar refractivity (Wildman–Crippen MR) is 77.6 cm³/mol. The Balaban J connectivity index is 2.00. The first kappa shape index (κ1) is 12.3. The highest BCUT2D eigenvalue weighted by Gasteiger charge is 1.95. The lowest BCUT2D eigenvalue weighted by atomic mass is 10.1. The van der Waals surface area contributed by atoms with E-state index in [9.17, 15) is 0 Å². The van der Waals surface area contributed by atoms with E-state index in [1.54, 1.807) is 0 Å². The molecule has 0 amide bonds. The van der Waals surface area contributed by atoms with Crippen LogP contribution in [0.1, 0.15) is 18.1 Å². The average Bonchev–Trinajstić information content (AvgIpc) is 2.39. The van der Waals surface area contributed by atoms with Gasteiger partial charge in [-0.25, -0.2) is 0 Å². The normalized spacial score (nSPS) is 11.2. The molecule has 0 fully saturated rings. The number of nitrogens with one attached hydrogen (secondary N) is 1. The fourth-order valence-corrected chi connectivity index (χ4v) is 1.65. The maximum absolute atomic E-state index is 3.35. The van der Waals surface area contributed by atoms with Crippen molar-refractivity contribution in [3.8, 4) is 11.8 Å². The van der Waals surface area contributed by atoms with Crippen molar-refractivity contribution in [1.29, 1.82) is 0 Å². The van der Waals surface area contributed by atoms with Crippen molar-refractivity contribution < 1.29 is 0 Å². The Bertz CT molecular complexity index is 544. The first-order valence-electron chi connectivity index (χ1n) is 6.14. The lowest BCUT2D eigenvalue weighted by molar-refractivity contribution is 1.03. The molecule has 0 aliphatic rings. The first-order valence-corrected chi connectivity index (χ1v) is 6.14. The maximum atomic E-state index is 3.35. The van der Waals surface area contributed by atoms with E-state index in [1.807, 2.05) is 30.3 Å². The molecule has 0 radical (unpaired) electrons. The Kier molecular flexibility index (Phi) is 4.04. The molecular weight excluding hydrogens is 218 g/mol. The zero-order valence-electron chi connectivity index (χ0n) is 10.8. The molecule has 1 nitrogen and oxygen atoms in total. The Morgan fingerprint density at radius 1 is 0.944 bits per heavy atom. The van der Waals surface area contributed by atoms with E-state index in [4.69, 9.17) is 0 Å². The lowest BCUT2D eigenvalue weighted by Gasteiger charge is -2.08. The number of para-hydroxylation sites is 1. The molecule has 0 aromatic heterocycles. The summed E-state index contributed by atoms with van der Waals surface area (Å²) in [5, 5.41) is 3.35. The van der Waals surface area contributed by atoms with Gasteiger partial charge in [-0.1, -0.05) is 47.7 Å². The van der Waals surface area contributed by atoms with E-state index in [0.29, 0.717) is 0 Å². The molecule has 2 aromatic rings. The van der Waals surface area contributed by atoms with Crippen LogP contribution in [0.4, 0.5) is 5.69 Å². The van der Waals surface area contributed by atoms with Crippen LogP contribution in [0, 0.1) is 18.8 Å². The van der Waals surface area contributed by atoms with Crippen LogP contribution in [0.2, 0.25) is 0 Å². The summed E-state index contributed by atoms with van der Waals surface area (Å²) in [6.07, 6.45) is 0. The van der Waals surface area contributed by atoms with Crippen LogP contribution in [0.15, 0.2) is 54.6 Å². The third-order valence-electron chi connectivity index (χ3n) is 2.64. The highest BCUT2D eigenvalue weighted by Crippen LogP contribution is 2.06. The largest absolute Gasteiger partial charge is 0.372 e. The summed E-state index contributed by atoms with van der Waals surface area (Å²) in [6.45, 7) is 4.14. The monoisotopic (exact) mass is 235 g/mol. The second kappa shape index (κ2) is 5.93. The summed E-state index contributed by atoms with van der Waals surface area (Å²) in [5.74, 6) is 6.39. The third kappa shape index (κ3) is 3.68. The van der Waals surface area contributed by atoms with Gasteiger partial charge in [-0.2, -0.15) is 0 Å². The molecular formula is C17H17N. The van der Waals surface area contributed by atoms with Crippen LogP contribution in [-0.4, -0.2) is 6.04 Å². The molecule has 1 N–H and O–H groups in total. The summed E-state index contributed by atoms with van der Waals surface area (Å²) in [6, 6.07) is 18.5. The van der Waals surface area contributed by atoms with Crippen LogP contribution in [0.3, 0.4) is 0 Å². The Morgan fingerprint density at radius 2 is 1.61 bits per heavy atom. The summed E-state index contributed by atoms with van der Waals surface area (Å²) in [7, 11) is 0. The SMILES string of the molecule is Cc1ccc(C#C[C@@H](C)Nc2ccccc2)cc1. The van der Waals surface area contributed by atoms with Gasteiger partial charge in [0.1, 0.15) is 0 Å². The minimum absolute atomic E-state index is 0.133. The molecule has 2 rings (SSSR count). The first-order chi connectivity index (χ1) is 8.74. The van der Waals surface area contributed by atoms with Gasteiger partial charge in [0.25, 0.3) is 0 Å². The number of anilines is 1. The number of hydrogen-bond acceptors (Lipinski definition) is 1. The van der Waals surface area contributed by atoms with Crippen molar-refractivity contribution in [2.24, 2.45) is 0 Å². The molecule has 0 aliphatic carbocycles. The van der Waals surface area contributed by atoms with Gasteiger partial charge in [-0.15, -0.1) is 0 Å². The van der Waals surface area contributed by atoms with Crippen molar-refractivity contribution >= 4 is 5.69 Å². The van der Waals surface area contributed by atoms with Crippen molar-refractivity contribution in [2.45, 2.75) is 19.9 Å². The van der Waals surface area contributed by atoms with Gasteiger partial charge in [0.15, 0.2) is 0 Å². The summed E-state index contributed by atoms with van der Waals surface area (Å²) < 4.78 is 0. The maximum Gasteiger partial charge on any atom is 0.0852 e. The molecule has 0 bridgehead atoms. The highest BCUT2D eigenvalue weighted by molar-refractivity contribution is 5.46. The standard InChI is InChI=1S/C17H17N/c1-14-8-11-16(12-9-14)13-10-15(2)18-17-6-4-3-5-7-17/h3-9,11-12,15,18H,1-2H3/t15-/m1/s1. The van der Waals surface area contributed by atoms with Crippen LogP contribution < -0.4 is 5.32 Å². The summed E-state index contributed by atoms with van der Waals surface area (Å²) in [5.41, 5.74) is 3.42. The quantitative estimate of drug-likeness (QED) is 0.780. The lowest BCUT2D eigenvalue weighted by Crippen LogP contribution is -2.12. The predicted octanol–water partition coefficient (Wildman–Crippen LogP) is 3.85.